The highest BCUT2D eigenvalue weighted by Gasteiger charge is 2.22. The van der Waals surface area contributed by atoms with E-state index < -0.39 is 10.0 Å². The fraction of sp³-hybridized carbons (Fsp3) is 0.350. The molecule has 4 aromatic rings. The van der Waals surface area contributed by atoms with E-state index in [2.05, 4.69) is 15.2 Å². The van der Waals surface area contributed by atoms with E-state index in [9.17, 15) is 13.2 Å². The maximum Gasteiger partial charge on any atom is 0.326 e. The van der Waals surface area contributed by atoms with E-state index in [4.69, 9.17) is 0 Å². The normalized spacial score (nSPS) is 12.4. The summed E-state index contributed by atoms with van der Waals surface area (Å²) in [6.07, 6.45) is 2.33. The summed E-state index contributed by atoms with van der Waals surface area (Å²) >= 11 is 1.48. The number of H-pyrrole nitrogens is 1. The van der Waals surface area contributed by atoms with Crippen LogP contribution in [0.1, 0.15) is 20.3 Å². The Bertz CT molecular complexity index is 1370. The molecule has 3 aromatic heterocycles. The number of sulfonamides is 1. The van der Waals surface area contributed by atoms with Gasteiger partial charge >= 0.3 is 5.69 Å². The van der Waals surface area contributed by atoms with Crippen molar-refractivity contribution in [2.45, 2.75) is 36.9 Å². The third-order valence-electron chi connectivity index (χ3n) is 5.13. The first-order chi connectivity index (χ1) is 15.0. The van der Waals surface area contributed by atoms with E-state index in [-0.39, 0.29) is 10.6 Å². The number of aromatic amines is 1. The van der Waals surface area contributed by atoms with Crippen LogP contribution < -0.4 is 5.69 Å². The second-order valence-electron chi connectivity index (χ2n) is 6.97. The molecule has 0 aliphatic carbocycles. The zero-order chi connectivity index (χ0) is 22.0. The molecule has 31 heavy (non-hydrogen) atoms. The highest BCUT2D eigenvalue weighted by Crippen LogP contribution is 2.22. The summed E-state index contributed by atoms with van der Waals surface area (Å²) in [6, 6.07) is 10.8. The van der Waals surface area contributed by atoms with Gasteiger partial charge in [-0.25, -0.2) is 13.2 Å². The quantitative estimate of drug-likeness (QED) is 0.304. The van der Waals surface area contributed by atoms with Crippen molar-refractivity contribution in [2.75, 3.05) is 18.8 Å². The first-order valence-corrected chi connectivity index (χ1v) is 12.5. The standard InChI is InChI=1S/C20H24N6O3S2/c1-3-24(4-2)31(28,29)15-10-11-18-22-23-20(26(18)14-15)30-13-7-12-25-17-9-6-5-8-16(17)21-19(25)27/h5-6,8-11,14H,3-4,7,12-13H2,1-2H3,(H,21,27). The fourth-order valence-electron chi connectivity index (χ4n) is 3.53. The Morgan fingerprint density at radius 3 is 2.65 bits per heavy atom. The molecular weight excluding hydrogens is 436 g/mol. The summed E-state index contributed by atoms with van der Waals surface area (Å²) < 4.78 is 30.5. The predicted molar refractivity (Wildman–Crippen MR) is 121 cm³/mol. The van der Waals surface area contributed by atoms with Gasteiger partial charge in [0, 0.05) is 31.6 Å². The second-order valence-corrected chi connectivity index (χ2v) is 9.97. The van der Waals surface area contributed by atoms with Gasteiger partial charge in [0.1, 0.15) is 0 Å². The number of pyridine rings is 1. The molecule has 3 heterocycles. The van der Waals surface area contributed by atoms with Crippen LogP contribution >= 0.6 is 11.8 Å². The third kappa shape index (κ3) is 4.12. The summed E-state index contributed by atoms with van der Waals surface area (Å²) in [4.78, 5) is 15.3. The molecule has 0 amide bonds. The maximum atomic E-state index is 12.8. The molecule has 0 aliphatic heterocycles. The number of aromatic nitrogens is 5. The van der Waals surface area contributed by atoms with Crippen molar-refractivity contribution in [1.82, 2.24) is 28.5 Å². The number of rotatable bonds is 9. The summed E-state index contributed by atoms with van der Waals surface area (Å²) in [5.74, 6) is 0.708. The smallest absolute Gasteiger partial charge is 0.306 e. The molecule has 164 valence electrons. The van der Waals surface area contributed by atoms with Gasteiger partial charge in [0.2, 0.25) is 10.0 Å². The first kappa shape index (κ1) is 21.6. The molecule has 0 saturated heterocycles. The highest BCUT2D eigenvalue weighted by atomic mass is 32.2. The average Bonchev–Trinajstić information content (AvgIpc) is 3.31. The van der Waals surface area contributed by atoms with Crippen LogP contribution in [0.4, 0.5) is 0 Å². The molecule has 0 radical (unpaired) electrons. The van der Waals surface area contributed by atoms with Crippen LogP contribution in [0.25, 0.3) is 16.7 Å². The Morgan fingerprint density at radius 2 is 1.87 bits per heavy atom. The lowest BCUT2D eigenvalue weighted by molar-refractivity contribution is 0.445. The predicted octanol–water partition coefficient (Wildman–Crippen LogP) is 2.59. The number of para-hydroxylation sites is 2. The van der Waals surface area contributed by atoms with Crippen molar-refractivity contribution in [3.05, 3.63) is 53.1 Å². The molecule has 0 aliphatic rings. The SMILES string of the molecule is CCN(CC)S(=O)(=O)c1ccc2nnc(SCCCn3c(=O)[nH]c4ccccc43)n2c1. The van der Waals surface area contributed by atoms with Gasteiger partial charge in [-0.3, -0.25) is 8.97 Å². The monoisotopic (exact) mass is 460 g/mol. The Labute approximate surface area is 184 Å². The molecule has 0 bridgehead atoms. The van der Waals surface area contributed by atoms with Crippen molar-refractivity contribution in [3.8, 4) is 0 Å². The van der Waals surface area contributed by atoms with Crippen molar-refractivity contribution in [1.29, 1.82) is 0 Å². The summed E-state index contributed by atoms with van der Waals surface area (Å²) in [5.41, 5.74) is 2.18. The lowest BCUT2D eigenvalue weighted by Gasteiger charge is -2.18. The Kier molecular flexibility index (Phi) is 6.17. The van der Waals surface area contributed by atoms with Gasteiger partial charge in [0.25, 0.3) is 0 Å². The number of nitrogens with one attached hydrogen (secondary N) is 1. The minimum absolute atomic E-state index is 0.120. The van der Waals surface area contributed by atoms with Crippen LogP contribution in [-0.4, -0.2) is 55.7 Å². The van der Waals surface area contributed by atoms with Crippen LogP contribution in [0.5, 0.6) is 0 Å². The number of hydrogen-bond donors (Lipinski definition) is 1. The molecule has 4 rings (SSSR count). The van der Waals surface area contributed by atoms with E-state index >= 15 is 0 Å². The topological polar surface area (TPSA) is 105 Å². The zero-order valence-corrected chi connectivity index (χ0v) is 19.0. The fourth-order valence-corrected chi connectivity index (χ4v) is 5.83. The summed E-state index contributed by atoms with van der Waals surface area (Å²) in [5, 5.41) is 8.96. The number of nitrogens with zero attached hydrogens (tertiary/aromatic N) is 5. The summed E-state index contributed by atoms with van der Waals surface area (Å²) in [7, 11) is -3.56. The number of thioether (sulfide) groups is 1. The first-order valence-electron chi connectivity index (χ1n) is 10.1. The molecule has 0 spiro atoms. The van der Waals surface area contributed by atoms with Crippen LogP contribution in [0, 0.1) is 0 Å². The largest absolute Gasteiger partial charge is 0.326 e. The Morgan fingerprint density at radius 1 is 1.10 bits per heavy atom. The van der Waals surface area contributed by atoms with Crippen LogP contribution in [0.15, 0.2) is 57.4 Å². The van der Waals surface area contributed by atoms with E-state index in [1.54, 1.807) is 27.3 Å². The van der Waals surface area contributed by atoms with E-state index in [1.807, 2.05) is 38.1 Å². The van der Waals surface area contributed by atoms with Gasteiger partial charge < -0.3 is 4.98 Å². The van der Waals surface area contributed by atoms with Gasteiger partial charge in [-0.2, -0.15) is 4.31 Å². The van der Waals surface area contributed by atoms with E-state index in [1.165, 1.54) is 16.1 Å². The average molecular weight is 461 g/mol. The highest BCUT2D eigenvalue weighted by molar-refractivity contribution is 7.99. The molecular formula is C20H24N6O3S2. The molecule has 0 saturated carbocycles. The lowest BCUT2D eigenvalue weighted by atomic mass is 10.3. The van der Waals surface area contributed by atoms with Crippen LogP contribution in [0.2, 0.25) is 0 Å². The minimum atomic E-state index is -3.56. The van der Waals surface area contributed by atoms with Crippen LogP contribution in [-0.2, 0) is 16.6 Å². The second kappa shape index (κ2) is 8.85. The van der Waals surface area contributed by atoms with Gasteiger partial charge in [0.15, 0.2) is 10.8 Å². The van der Waals surface area contributed by atoms with Crippen LogP contribution in [0.3, 0.4) is 0 Å². The zero-order valence-electron chi connectivity index (χ0n) is 17.4. The summed E-state index contributed by atoms with van der Waals surface area (Å²) in [6.45, 7) is 5.03. The molecule has 9 nitrogen and oxygen atoms in total. The molecule has 11 heteroatoms. The molecule has 1 N–H and O–H groups in total. The maximum absolute atomic E-state index is 12.8. The van der Waals surface area contributed by atoms with Gasteiger partial charge in [-0.15, -0.1) is 10.2 Å². The lowest BCUT2D eigenvalue weighted by Crippen LogP contribution is -2.30. The van der Waals surface area contributed by atoms with E-state index in [0.29, 0.717) is 36.2 Å². The van der Waals surface area contributed by atoms with Crippen molar-refractivity contribution in [2.24, 2.45) is 0 Å². The number of imidazole rings is 1. The molecule has 0 fully saturated rings. The molecule has 0 atom stereocenters. The van der Waals surface area contributed by atoms with E-state index in [0.717, 1.165) is 17.5 Å². The van der Waals surface area contributed by atoms with Crippen molar-refractivity contribution in [3.63, 3.8) is 0 Å². The Hall–Kier alpha value is -2.63. The number of hydrogen-bond acceptors (Lipinski definition) is 6. The minimum Gasteiger partial charge on any atom is -0.306 e. The number of aryl methyl sites for hydroxylation is 1. The van der Waals surface area contributed by atoms with Crippen molar-refractivity contribution < 1.29 is 8.42 Å². The van der Waals surface area contributed by atoms with Crippen molar-refractivity contribution >= 4 is 38.5 Å². The molecule has 1 aromatic carbocycles. The van der Waals surface area contributed by atoms with Gasteiger partial charge in [-0.1, -0.05) is 37.7 Å². The van der Waals surface area contributed by atoms with Gasteiger partial charge in [-0.05, 0) is 30.7 Å². The number of benzene rings is 1. The molecule has 0 unspecified atom stereocenters. The number of fused-ring (bicyclic) bond motifs is 2. The third-order valence-corrected chi connectivity index (χ3v) is 8.19. The van der Waals surface area contributed by atoms with Gasteiger partial charge in [0.05, 0.1) is 15.9 Å². The Balaban J connectivity index is 1.49.